The summed E-state index contributed by atoms with van der Waals surface area (Å²) in [5.74, 6) is -1.23. The fraction of sp³-hybridized carbons (Fsp3) is 0.341. The Bertz CT molecular complexity index is 1960. The number of allylic oxidation sites excluding steroid dienone is 1. The van der Waals surface area contributed by atoms with E-state index >= 15 is 0 Å². The van der Waals surface area contributed by atoms with Crippen molar-refractivity contribution >= 4 is 47.5 Å². The normalized spacial score (nSPS) is 19.4. The first kappa shape index (κ1) is 38.2. The summed E-state index contributed by atoms with van der Waals surface area (Å²) in [6.45, 7) is 10.6. The van der Waals surface area contributed by atoms with Crippen LogP contribution in [0.25, 0.3) is 0 Å². The lowest BCUT2D eigenvalue weighted by atomic mass is 10.00. The average molecular weight is 754 g/mol. The van der Waals surface area contributed by atoms with Crippen molar-refractivity contribution in [1.82, 2.24) is 10.2 Å². The number of amides is 3. The van der Waals surface area contributed by atoms with E-state index in [0.29, 0.717) is 23.3 Å². The van der Waals surface area contributed by atoms with Gasteiger partial charge >= 0.3 is 18.2 Å². The molecule has 3 aromatic carbocycles. The van der Waals surface area contributed by atoms with Gasteiger partial charge in [0.05, 0.1) is 5.69 Å². The summed E-state index contributed by atoms with van der Waals surface area (Å²) in [5, 5.41) is 2.04. The van der Waals surface area contributed by atoms with E-state index in [-0.39, 0.29) is 29.7 Å². The highest BCUT2D eigenvalue weighted by molar-refractivity contribution is 8.00. The lowest BCUT2D eigenvalue weighted by Crippen LogP contribution is -2.70. The standard InChI is InChI=1S/C41H43N3O9S/c1-40(2,3)52-38(48)42-31-35(46)44-32(37(47)51-33(25-15-9-7-10-16-25)26-17-11-8-12-18-26)28(24-54-36(31)44)23-27-21-22-43(34(27)45)29-19-13-14-20-30(29)50-39(49)53-41(4,5)6/h7-20,23,31,33,36H,21-22,24H2,1-6H3,(H,42,48)/b27-23+/t31-,36-/m1/s1. The molecule has 2 fully saturated rings. The zero-order chi connectivity index (χ0) is 38.8. The molecular weight excluding hydrogens is 711 g/mol. The molecule has 0 bridgehead atoms. The molecule has 3 aliphatic heterocycles. The molecule has 6 rings (SSSR count). The Morgan fingerprint density at radius 1 is 0.833 bits per heavy atom. The van der Waals surface area contributed by atoms with E-state index in [9.17, 15) is 24.0 Å². The molecule has 3 aliphatic rings. The molecule has 0 saturated carbocycles. The summed E-state index contributed by atoms with van der Waals surface area (Å²) in [7, 11) is 0. The Morgan fingerprint density at radius 2 is 1.43 bits per heavy atom. The number of hydrogen-bond donors (Lipinski definition) is 1. The fourth-order valence-corrected chi connectivity index (χ4v) is 7.55. The number of rotatable bonds is 8. The Labute approximate surface area is 318 Å². The highest BCUT2D eigenvalue weighted by Gasteiger charge is 2.55. The Hall–Kier alpha value is -5.56. The van der Waals surface area contributed by atoms with Gasteiger partial charge in [-0.2, -0.15) is 0 Å². The van der Waals surface area contributed by atoms with Gasteiger partial charge < -0.3 is 29.2 Å². The van der Waals surface area contributed by atoms with E-state index in [1.165, 1.54) is 21.6 Å². The molecule has 0 radical (unpaired) electrons. The number of carbonyl (C=O) groups excluding carboxylic acids is 5. The van der Waals surface area contributed by atoms with Crippen LogP contribution in [0, 0.1) is 0 Å². The largest absolute Gasteiger partial charge is 0.514 e. The molecule has 3 amide bonds. The quantitative estimate of drug-likeness (QED) is 0.0836. The van der Waals surface area contributed by atoms with Crippen LogP contribution < -0.4 is 15.0 Å². The highest BCUT2D eigenvalue weighted by Crippen LogP contribution is 2.43. The van der Waals surface area contributed by atoms with Crippen molar-refractivity contribution < 1.29 is 42.9 Å². The number of ether oxygens (including phenoxy) is 4. The van der Waals surface area contributed by atoms with E-state index in [1.54, 1.807) is 71.9 Å². The monoisotopic (exact) mass is 753 g/mol. The SMILES string of the molecule is CC(C)(C)OC(=O)N[C@@H]1C(=O)N2C(C(=O)OC(c3ccccc3)c3ccccc3)=C(/C=C3\CCN(c4ccccc4OC(=O)OC(C)(C)C)C3=O)CS[C@H]12. The predicted molar refractivity (Wildman–Crippen MR) is 202 cm³/mol. The number of benzene rings is 3. The van der Waals surface area contributed by atoms with E-state index < -0.39 is 52.8 Å². The first-order chi connectivity index (χ1) is 25.6. The van der Waals surface area contributed by atoms with Crippen molar-refractivity contribution in [2.24, 2.45) is 0 Å². The maximum absolute atomic E-state index is 14.4. The van der Waals surface area contributed by atoms with Crippen LogP contribution in [-0.2, 0) is 28.6 Å². The first-order valence-corrected chi connectivity index (χ1v) is 18.6. The Kier molecular flexibility index (Phi) is 10.9. The number of para-hydroxylation sites is 2. The van der Waals surface area contributed by atoms with Crippen LogP contribution in [0.15, 0.2) is 108 Å². The lowest BCUT2D eigenvalue weighted by Gasteiger charge is -2.49. The summed E-state index contributed by atoms with van der Waals surface area (Å²) < 4.78 is 22.5. The molecule has 0 aliphatic carbocycles. The zero-order valence-electron chi connectivity index (χ0n) is 31.0. The minimum Gasteiger partial charge on any atom is -0.448 e. The minimum absolute atomic E-state index is 0.00439. The van der Waals surface area contributed by atoms with Crippen molar-refractivity contribution in [3.8, 4) is 5.75 Å². The second kappa shape index (κ2) is 15.4. The number of fused-ring (bicyclic) bond motifs is 1. The van der Waals surface area contributed by atoms with Crippen molar-refractivity contribution in [3.63, 3.8) is 0 Å². The van der Waals surface area contributed by atoms with Gasteiger partial charge in [-0.05, 0) is 82.9 Å². The molecule has 282 valence electrons. The molecule has 12 nitrogen and oxygen atoms in total. The van der Waals surface area contributed by atoms with Gasteiger partial charge in [-0.15, -0.1) is 11.8 Å². The Balaban J connectivity index is 1.33. The van der Waals surface area contributed by atoms with Crippen LogP contribution in [0.3, 0.4) is 0 Å². The second-order valence-electron chi connectivity index (χ2n) is 14.9. The van der Waals surface area contributed by atoms with Crippen LogP contribution in [0.1, 0.15) is 65.2 Å². The molecule has 54 heavy (non-hydrogen) atoms. The smallest absolute Gasteiger partial charge is 0.448 e. The third-order valence-corrected chi connectivity index (χ3v) is 9.81. The number of carbonyl (C=O) groups is 5. The molecule has 13 heteroatoms. The molecule has 0 unspecified atom stereocenters. The van der Waals surface area contributed by atoms with Crippen molar-refractivity contribution in [2.75, 3.05) is 17.2 Å². The van der Waals surface area contributed by atoms with Crippen LogP contribution in [0.5, 0.6) is 5.75 Å². The van der Waals surface area contributed by atoms with Gasteiger partial charge in [0.1, 0.15) is 28.3 Å². The van der Waals surface area contributed by atoms with Crippen LogP contribution in [-0.4, -0.2) is 69.8 Å². The zero-order valence-corrected chi connectivity index (χ0v) is 31.8. The summed E-state index contributed by atoms with van der Waals surface area (Å²) >= 11 is 1.35. The molecular formula is C41H43N3O9S. The second-order valence-corrected chi connectivity index (χ2v) is 16.0. The van der Waals surface area contributed by atoms with Gasteiger partial charge in [-0.1, -0.05) is 72.8 Å². The van der Waals surface area contributed by atoms with Crippen molar-refractivity contribution in [1.29, 1.82) is 0 Å². The summed E-state index contributed by atoms with van der Waals surface area (Å²) in [5.41, 5.74) is 1.09. The molecule has 0 spiro atoms. The van der Waals surface area contributed by atoms with Gasteiger partial charge in [-0.3, -0.25) is 14.5 Å². The summed E-state index contributed by atoms with van der Waals surface area (Å²) in [6, 6.07) is 24.3. The van der Waals surface area contributed by atoms with Gasteiger partial charge in [0, 0.05) is 17.9 Å². The van der Waals surface area contributed by atoms with Crippen LogP contribution in [0.4, 0.5) is 15.3 Å². The number of β-lactam (4-membered cyclic amide) rings is 1. The molecule has 3 heterocycles. The first-order valence-electron chi connectivity index (χ1n) is 17.6. The van der Waals surface area contributed by atoms with Crippen molar-refractivity contribution in [3.05, 3.63) is 119 Å². The number of thioether (sulfide) groups is 1. The number of nitrogens with zero attached hydrogens (tertiary/aromatic N) is 2. The van der Waals surface area contributed by atoms with Crippen molar-refractivity contribution in [2.45, 2.75) is 76.7 Å². The number of hydrogen-bond acceptors (Lipinski definition) is 10. The Morgan fingerprint density at radius 3 is 2.04 bits per heavy atom. The number of nitrogens with one attached hydrogen (secondary N) is 1. The van der Waals surface area contributed by atoms with Gasteiger partial charge in [0.15, 0.2) is 11.9 Å². The van der Waals surface area contributed by atoms with Gasteiger partial charge in [0.25, 0.3) is 11.8 Å². The van der Waals surface area contributed by atoms with Gasteiger partial charge in [-0.25, -0.2) is 14.4 Å². The van der Waals surface area contributed by atoms with Crippen LogP contribution in [0.2, 0.25) is 0 Å². The predicted octanol–water partition coefficient (Wildman–Crippen LogP) is 7.06. The topological polar surface area (TPSA) is 141 Å². The molecule has 2 atom stereocenters. The number of esters is 1. The number of anilines is 1. The molecule has 3 aromatic rings. The van der Waals surface area contributed by atoms with E-state index in [2.05, 4.69) is 5.32 Å². The third kappa shape index (κ3) is 8.62. The van der Waals surface area contributed by atoms with E-state index in [0.717, 1.165) is 11.1 Å². The molecule has 0 aromatic heterocycles. The van der Waals surface area contributed by atoms with Crippen LogP contribution >= 0.6 is 11.8 Å². The number of alkyl carbamates (subject to hydrolysis) is 1. The van der Waals surface area contributed by atoms with Gasteiger partial charge in [0.2, 0.25) is 0 Å². The fourth-order valence-electron chi connectivity index (χ4n) is 6.24. The maximum atomic E-state index is 14.4. The lowest BCUT2D eigenvalue weighted by molar-refractivity contribution is -0.153. The summed E-state index contributed by atoms with van der Waals surface area (Å²) in [6.07, 6.45) is -0.495. The molecule has 2 saturated heterocycles. The molecule has 1 N–H and O–H groups in total. The average Bonchev–Trinajstić information content (AvgIpc) is 3.47. The third-order valence-electron chi connectivity index (χ3n) is 8.50. The highest BCUT2D eigenvalue weighted by atomic mass is 32.2. The maximum Gasteiger partial charge on any atom is 0.514 e. The minimum atomic E-state index is -0.939. The van der Waals surface area contributed by atoms with E-state index in [4.69, 9.17) is 18.9 Å². The van der Waals surface area contributed by atoms with E-state index in [1.807, 2.05) is 60.7 Å². The summed E-state index contributed by atoms with van der Waals surface area (Å²) in [4.78, 5) is 70.2.